The van der Waals surface area contributed by atoms with Crippen LogP contribution in [0.1, 0.15) is 6.42 Å². The second kappa shape index (κ2) is 3.49. The van der Waals surface area contributed by atoms with Gasteiger partial charge in [-0.2, -0.15) is 0 Å². The minimum absolute atomic E-state index is 0.101. The van der Waals surface area contributed by atoms with Crippen molar-refractivity contribution in [2.75, 3.05) is 14.2 Å². The Morgan fingerprint density at radius 2 is 2.25 bits per heavy atom. The largest absolute Gasteiger partial charge is 0.465 e. The van der Waals surface area contributed by atoms with Gasteiger partial charge in [0.15, 0.2) is 5.78 Å². The lowest BCUT2D eigenvalue weighted by atomic mass is 10.2. The van der Waals surface area contributed by atoms with Crippen LogP contribution in [-0.2, 0) is 19.1 Å². The molecule has 4 heteroatoms. The van der Waals surface area contributed by atoms with Crippen molar-refractivity contribution >= 4 is 11.8 Å². The molecule has 4 nitrogen and oxygen atoms in total. The van der Waals surface area contributed by atoms with E-state index in [4.69, 9.17) is 4.74 Å². The van der Waals surface area contributed by atoms with E-state index < -0.39 is 5.97 Å². The Morgan fingerprint density at radius 1 is 1.58 bits per heavy atom. The second-order valence-corrected chi connectivity index (χ2v) is 2.47. The summed E-state index contributed by atoms with van der Waals surface area (Å²) in [5, 5.41) is 0. The fourth-order valence-electron chi connectivity index (χ4n) is 1.07. The third-order valence-corrected chi connectivity index (χ3v) is 1.75. The van der Waals surface area contributed by atoms with Crippen molar-refractivity contribution in [3.8, 4) is 0 Å². The molecule has 66 valence electrons. The molecule has 12 heavy (non-hydrogen) atoms. The molecule has 0 aromatic heterocycles. The van der Waals surface area contributed by atoms with Crippen molar-refractivity contribution in [2.24, 2.45) is 0 Å². The van der Waals surface area contributed by atoms with Gasteiger partial charge in [-0.25, -0.2) is 4.79 Å². The highest BCUT2D eigenvalue weighted by Crippen LogP contribution is 2.17. The van der Waals surface area contributed by atoms with Crippen LogP contribution in [0, 0.1) is 0 Å². The molecule has 0 fully saturated rings. The molecule has 1 unspecified atom stereocenters. The predicted molar refractivity (Wildman–Crippen MR) is 40.5 cm³/mol. The quantitative estimate of drug-likeness (QED) is 0.435. The molecule has 0 aliphatic heterocycles. The molecule has 0 N–H and O–H groups in total. The molecule has 0 aromatic carbocycles. The summed E-state index contributed by atoms with van der Waals surface area (Å²) in [6.07, 6.45) is 1.46. The Bertz CT molecular complexity index is 241. The van der Waals surface area contributed by atoms with Crippen LogP contribution in [-0.4, -0.2) is 32.1 Å². The molecule has 0 saturated heterocycles. The number of esters is 1. The molecule has 0 amide bonds. The zero-order chi connectivity index (χ0) is 9.14. The summed E-state index contributed by atoms with van der Waals surface area (Å²) >= 11 is 0. The van der Waals surface area contributed by atoms with E-state index in [9.17, 15) is 9.59 Å². The Labute approximate surface area is 70.1 Å². The van der Waals surface area contributed by atoms with Gasteiger partial charge in [-0.15, -0.1) is 0 Å². The maximum atomic E-state index is 11.1. The molecule has 0 saturated carbocycles. The molecule has 0 aromatic rings. The Morgan fingerprint density at radius 3 is 2.67 bits per heavy atom. The lowest BCUT2D eigenvalue weighted by Crippen LogP contribution is -2.10. The molecule has 0 heterocycles. The van der Waals surface area contributed by atoms with Crippen LogP contribution in [0.4, 0.5) is 0 Å². The fourth-order valence-corrected chi connectivity index (χ4v) is 1.07. The van der Waals surface area contributed by atoms with Crippen molar-refractivity contribution in [3.05, 3.63) is 11.6 Å². The molecule has 1 atom stereocenters. The lowest BCUT2D eigenvalue weighted by molar-refractivity contribution is -0.137. The summed E-state index contributed by atoms with van der Waals surface area (Å²) in [5.41, 5.74) is 0.101. The number of rotatable bonds is 2. The summed E-state index contributed by atoms with van der Waals surface area (Å²) in [6, 6.07) is 0. The summed E-state index contributed by atoms with van der Waals surface area (Å²) < 4.78 is 9.32. The van der Waals surface area contributed by atoms with E-state index in [0.717, 1.165) is 0 Å². The maximum absolute atomic E-state index is 11.1. The van der Waals surface area contributed by atoms with E-state index in [-0.39, 0.29) is 23.9 Å². The standard InChI is InChI=1S/C8H10O4/c1-11-5-3-6(7(9)4-5)8(10)12-2/h3,5H,4H2,1-2H3. The summed E-state index contributed by atoms with van der Waals surface area (Å²) in [5.74, 6) is -0.798. The van der Waals surface area contributed by atoms with Gasteiger partial charge in [0.05, 0.1) is 13.2 Å². The van der Waals surface area contributed by atoms with Crippen LogP contribution in [0.3, 0.4) is 0 Å². The number of carbonyl (C=O) groups excluding carboxylic acids is 2. The molecule has 0 radical (unpaired) electrons. The van der Waals surface area contributed by atoms with E-state index in [1.54, 1.807) is 0 Å². The summed E-state index contributed by atoms with van der Waals surface area (Å²) in [4.78, 5) is 22.0. The molecular weight excluding hydrogens is 160 g/mol. The van der Waals surface area contributed by atoms with Gasteiger partial charge in [0.2, 0.25) is 0 Å². The number of hydrogen-bond acceptors (Lipinski definition) is 4. The number of hydrogen-bond donors (Lipinski definition) is 0. The van der Waals surface area contributed by atoms with E-state index in [0.29, 0.717) is 0 Å². The number of carbonyl (C=O) groups is 2. The van der Waals surface area contributed by atoms with Crippen LogP contribution in [0.5, 0.6) is 0 Å². The zero-order valence-corrected chi connectivity index (χ0v) is 6.99. The van der Waals surface area contributed by atoms with Gasteiger partial charge in [0.25, 0.3) is 0 Å². The van der Waals surface area contributed by atoms with Crippen molar-refractivity contribution in [2.45, 2.75) is 12.5 Å². The Balaban J connectivity index is 2.76. The number of ether oxygens (including phenoxy) is 2. The number of methoxy groups -OCH3 is 2. The predicted octanol–water partition coefficient (Wildman–Crippen LogP) is 0.0736. The van der Waals surface area contributed by atoms with Crippen molar-refractivity contribution in [1.82, 2.24) is 0 Å². The summed E-state index contributed by atoms with van der Waals surface area (Å²) in [6.45, 7) is 0. The molecule has 0 bridgehead atoms. The van der Waals surface area contributed by atoms with Crippen LogP contribution in [0.15, 0.2) is 11.6 Å². The first-order valence-electron chi connectivity index (χ1n) is 3.55. The van der Waals surface area contributed by atoms with Crippen LogP contribution in [0.2, 0.25) is 0 Å². The smallest absolute Gasteiger partial charge is 0.341 e. The molecule has 1 aliphatic rings. The fraction of sp³-hybridized carbons (Fsp3) is 0.500. The average Bonchev–Trinajstić information content (AvgIpc) is 2.45. The van der Waals surface area contributed by atoms with Gasteiger partial charge in [0.1, 0.15) is 5.57 Å². The second-order valence-electron chi connectivity index (χ2n) is 2.47. The van der Waals surface area contributed by atoms with Gasteiger partial charge in [-0.05, 0) is 6.08 Å². The highest BCUT2D eigenvalue weighted by Gasteiger charge is 2.28. The van der Waals surface area contributed by atoms with Crippen LogP contribution >= 0.6 is 0 Å². The molecular formula is C8H10O4. The van der Waals surface area contributed by atoms with E-state index in [1.807, 2.05) is 0 Å². The summed E-state index contributed by atoms with van der Waals surface area (Å²) in [7, 11) is 2.74. The normalized spacial score (nSPS) is 22.3. The third-order valence-electron chi connectivity index (χ3n) is 1.75. The first-order valence-corrected chi connectivity index (χ1v) is 3.55. The van der Waals surface area contributed by atoms with Gasteiger partial charge in [-0.3, -0.25) is 4.79 Å². The van der Waals surface area contributed by atoms with Gasteiger partial charge < -0.3 is 9.47 Å². The SMILES string of the molecule is COC(=O)C1=CC(OC)CC1=O. The highest BCUT2D eigenvalue weighted by molar-refractivity contribution is 6.19. The minimum atomic E-state index is -0.584. The highest BCUT2D eigenvalue weighted by atomic mass is 16.5. The van der Waals surface area contributed by atoms with Gasteiger partial charge in [0, 0.05) is 13.5 Å². The maximum Gasteiger partial charge on any atom is 0.341 e. The Hall–Kier alpha value is -1.16. The van der Waals surface area contributed by atoms with Gasteiger partial charge in [-0.1, -0.05) is 0 Å². The van der Waals surface area contributed by atoms with Crippen molar-refractivity contribution in [1.29, 1.82) is 0 Å². The topological polar surface area (TPSA) is 52.6 Å². The first-order chi connectivity index (χ1) is 5.69. The number of Topliss-reactive ketones (excluding diaryl/α,β-unsaturated/α-hetero) is 1. The number of ketones is 1. The average molecular weight is 170 g/mol. The Kier molecular flexibility index (Phi) is 2.60. The van der Waals surface area contributed by atoms with Crippen molar-refractivity contribution < 1.29 is 19.1 Å². The minimum Gasteiger partial charge on any atom is -0.465 e. The van der Waals surface area contributed by atoms with Crippen molar-refractivity contribution in [3.63, 3.8) is 0 Å². The molecule has 0 spiro atoms. The van der Waals surface area contributed by atoms with E-state index >= 15 is 0 Å². The monoisotopic (exact) mass is 170 g/mol. The molecule has 1 rings (SSSR count). The lowest BCUT2D eigenvalue weighted by Gasteiger charge is -1.99. The van der Waals surface area contributed by atoms with Gasteiger partial charge >= 0.3 is 5.97 Å². The van der Waals surface area contributed by atoms with Crippen LogP contribution in [0.25, 0.3) is 0 Å². The molecule has 1 aliphatic carbocycles. The van der Waals surface area contributed by atoms with Crippen LogP contribution < -0.4 is 0 Å². The van der Waals surface area contributed by atoms with E-state index in [1.165, 1.54) is 20.3 Å². The van der Waals surface area contributed by atoms with E-state index in [2.05, 4.69) is 4.74 Å². The first kappa shape index (κ1) is 8.93. The zero-order valence-electron chi connectivity index (χ0n) is 6.99. The third kappa shape index (κ3) is 1.53.